The number of nitrogens with one attached hydrogen (secondary N) is 1. The predicted molar refractivity (Wildman–Crippen MR) is 71.1 cm³/mol. The topological polar surface area (TPSA) is 38.3 Å². The highest BCUT2D eigenvalue weighted by Crippen LogP contribution is 2.10. The first kappa shape index (κ1) is 13.7. The van der Waals surface area contributed by atoms with E-state index in [2.05, 4.69) is 37.2 Å². The molecule has 1 amide bonds. The molecule has 0 aliphatic rings. The van der Waals surface area contributed by atoms with Crippen LogP contribution >= 0.6 is 31.9 Å². The standard InChI is InChI=1S/C11H13Br2NO2/c1-16-7-10(6-12)14-11(15)8-2-4-9(13)5-3-8/h2-5,10H,6-7H2,1H3,(H,14,15). The maximum atomic E-state index is 11.8. The van der Waals surface area contributed by atoms with Gasteiger partial charge in [0.05, 0.1) is 12.6 Å². The van der Waals surface area contributed by atoms with Gasteiger partial charge in [-0.15, -0.1) is 0 Å². The Balaban J connectivity index is 2.60. The lowest BCUT2D eigenvalue weighted by atomic mass is 10.2. The quantitative estimate of drug-likeness (QED) is 0.829. The number of carbonyl (C=O) groups is 1. The minimum atomic E-state index is -0.0889. The molecule has 0 spiro atoms. The Labute approximate surface area is 112 Å². The van der Waals surface area contributed by atoms with E-state index in [1.807, 2.05) is 12.1 Å². The number of hydrogen-bond donors (Lipinski definition) is 1. The van der Waals surface area contributed by atoms with Crippen LogP contribution in [0, 0.1) is 0 Å². The Morgan fingerprint density at radius 1 is 1.44 bits per heavy atom. The fourth-order valence-electron chi connectivity index (χ4n) is 1.20. The van der Waals surface area contributed by atoms with Crippen molar-refractivity contribution in [2.75, 3.05) is 19.0 Å². The lowest BCUT2D eigenvalue weighted by molar-refractivity contribution is 0.0908. The van der Waals surface area contributed by atoms with Gasteiger partial charge >= 0.3 is 0 Å². The summed E-state index contributed by atoms with van der Waals surface area (Å²) in [7, 11) is 1.61. The molecule has 0 saturated carbocycles. The van der Waals surface area contributed by atoms with Crippen molar-refractivity contribution in [3.63, 3.8) is 0 Å². The van der Waals surface area contributed by atoms with Gasteiger partial charge in [0, 0.05) is 22.5 Å². The molecule has 16 heavy (non-hydrogen) atoms. The zero-order valence-electron chi connectivity index (χ0n) is 8.87. The number of carbonyl (C=O) groups excluding carboxylic acids is 1. The van der Waals surface area contributed by atoms with E-state index in [0.717, 1.165) is 4.47 Å². The molecule has 88 valence electrons. The average molecular weight is 351 g/mol. The minimum Gasteiger partial charge on any atom is -0.383 e. The number of hydrogen-bond acceptors (Lipinski definition) is 2. The SMILES string of the molecule is COCC(CBr)NC(=O)c1ccc(Br)cc1. The summed E-state index contributed by atoms with van der Waals surface area (Å²) in [5.74, 6) is -0.0889. The number of methoxy groups -OCH3 is 1. The van der Waals surface area contributed by atoms with E-state index in [-0.39, 0.29) is 11.9 Å². The number of ether oxygens (including phenoxy) is 1. The van der Waals surface area contributed by atoms with Gasteiger partial charge in [0.1, 0.15) is 0 Å². The van der Waals surface area contributed by atoms with E-state index in [9.17, 15) is 4.79 Å². The van der Waals surface area contributed by atoms with Crippen molar-refractivity contribution in [2.45, 2.75) is 6.04 Å². The first-order chi connectivity index (χ1) is 7.67. The Morgan fingerprint density at radius 3 is 2.56 bits per heavy atom. The number of amides is 1. The van der Waals surface area contributed by atoms with Crippen LogP contribution in [-0.4, -0.2) is 31.0 Å². The first-order valence-corrected chi connectivity index (χ1v) is 6.70. The fraction of sp³-hybridized carbons (Fsp3) is 0.364. The van der Waals surface area contributed by atoms with Crippen LogP contribution in [0.1, 0.15) is 10.4 Å². The summed E-state index contributed by atoms with van der Waals surface area (Å²) < 4.78 is 5.95. The molecule has 0 radical (unpaired) electrons. The summed E-state index contributed by atoms with van der Waals surface area (Å²) in [5, 5.41) is 3.55. The summed E-state index contributed by atoms with van der Waals surface area (Å²) in [6.07, 6.45) is 0. The van der Waals surface area contributed by atoms with Crippen LogP contribution in [0.15, 0.2) is 28.7 Å². The number of halogens is 2. The lowest BCUT2D eigenvalue weighted by Crippen LogP contribution is -2.39. The summed E-state index contributed by atoms with van der Waals surface area (Å²) in [4.78, 5) is 11.8. The van der Waals surface area contributed by atoms with Crippen molar-refractivity contribution in [3.05, 3.63) is 34.3 Å². The second kappa shape index (κ2) is 7.04. The molecule has 5 heteroatoms. The van der Waals surface area contributed by atoms with Gasteiger partial charge in [0.2, 0.25) is 0 Å². The van der Waals surface area contributed by atoms with Gasteiger partial charge in [-0.2, -0.15) is 0 Å². The summed E-state index contributed by atoms with van der Waals surface area (Å²) in [6, 6.07) is 7.22. The van der Waals surface area contributed by atoms with Crippen LogP contribution in [0.3, 0.4) is 0 Å². The van der Waals surface area contributed by atoms with Gasteiger partial charge in [0.25, 0.3) is 5.91 Å². The summed E-state index contributed by atoms with van der Waals surface area (Å²) in [5.41, 5.74) is 0.644. The van der Waals surface area contributed by atoms with Crippen molar-refractivity contribution >= 4 is 37.8 Å². The van der Waals surface area contributed by atoms with Crippen LogP contribution in [0.4, 0.5) is 0 Å². The summed E-state index contributed by atoms with van der Waals surface area (Å²) >= 11 is 6.65. The number of benzene rings is 1. The smallest absolute Gasteiger partial charge is 0.251 e. The highest BCUT2D eigenvalue weighted by atomic mass is 79.9. The van der Waals surface area contributed by atoms with Crippen molar-refractivity contribution < 1.29 is 9.53 Å². The van der Waals surface area contributed by atoms with Crippen molar-refractivity contribution in [3.8, 4) is 0 Å². The Kier molecular flexibility index (Phi) is 6.01. The molecule has 1 unspecified atom stereocenters. The first-order valence-electron chi connectivity index (χ1n) is 4.78. The second-order valence-electron chi connectivity index (χ2n) is 3.29. The number of rotatable bonds is 5. The van der Waals surface area contributed by atoms with Crippen LogP contribution in [0.5, 0.6) is 0 Å². The maximum absolute atomic E-state index is 11.8. The van der Waals surface area contributed by atoms with Gasteiger partial charge in [-0.1, -0.05) is 31.9 Å². The third kappa shape index (κ3) is 4.23. The Hall–Kier alpha value is -0.390. The predicted octanol–water partition coefficient (Wildman–Crippen LogP) is 2.59. The molecule has 0 bridgehead atoms. The van der Waals surface area contributed by atoms with Crippen LogP contribution in [0.2, 0.25) is 0 Å². The number of alkyl halides is 1. The third-order valence-electron chi connectivity index (χ3n) is 2.00. The molecule has 0 heterocycles. The molecule has 3 nitrogen and oxygen atoms in total. The van der Waals surface area contributed by atoms with Gasteiger partial charge in [0.15, 0.2) is 0 Å². The zero-order chi connectivity index (χ0) is 12.0. The normalized spacial score (nSPS) is 12.2. The van der Waals surface area contributed by atoms with Gasteiger partial charge < -0.3 is 10.1 Å². The Bertz CT molecular complexity index is 340. The van der Waals surface area contributed by atoms with Gasteiger partial charge in [-0.3, -0.25) is 4.79 Å². The maximum Gasteiger partial charge on any atom is 0.251 e. The van der Waals surface area contributed by atoms with E-state index in [0.29, 0.717) is 17.5 Å². The molecule has 1 atom stereocenters. The molecular weight excluding hydrogens is 338 g/mol. The fourth-order valence-corrected chi connectivity index (χ4v) is 1.81. The Morgan fingerprint density at radius 2 is 2.06 bits per heavy atom. The van der Waals surface area contributed by atoms with E-state index < -0.39 is 0 Å². The van der Waals surface area contributed by atoms with Crippen LogP contribution in [0.25, 0.3) is 0 Å². The molecule has 0 aliphatic heterocycles. The minimum absolute atomic E-state index is 0.0128. The van der Waals surface area contributed by atoms with E-state index in [1.165, 1.54) is 0 Å². The third-order valence-corrected chi connectivity index (χ3v) is 3.31. The van der Waals surface area contributed by atoms with Crippen LogP contribution in [-0.2, 0) is 4.74 Å². The van der Waals surface area contributed by atoms with E-state index in [1.54, 1.807) is 19.2 Å². The van der Waals surface area contributed by atoms with Gasteiger partial charge in [-0.25, -0.2) is 0 Å². The molecular formula is C11H13Br2NO2. The molecule has 1 rings (SSSR count). The second-order valence-corrected chi connectivity index (χ2v) is 4.85. The molecule has 1 N–H and O–H groups in total. The van der Waals surface area contributed by atoms with Crippen molar-refractivity contribution in [1.82, 2.24) is 5.32 Å². The summed E-state index contributed by atoms with van der Waals surface area (Å²) in [6.45, 7) is 0.494. The average Bonchev–Trinajstić information content (AvgIpc) is 2.29. The van der Waals surface area contributed by atoms with Crippen LogP contribution < -0.4 is 5.32 Å². The monoisotopic (exact) mass is 349 g/mol. The highest BCUT2D eigenvalue weighted by molar-refractivity contribution is 9.10. The highest BCUT2D eigenvalue weighted by Gasteiger charge is 2.12. The van der Waals surface area contributed by atoms with Crippen molar-refractivity contribution in [1.29, 1.82) is 0 Å². The molecule has 0 aromatic heterocycles. The molecule has 1 aromatic rings. The molecule has 0 saturated heterocycles. The zero-order valence-corrected chi connectivity index (χ0v) is 12.0. The van der Waals surface area contributed by atoms with E-state index in [4.69, 9.17) is 4.74 Å². The van der Waals surface area contributed by atoms with Gasteiger partial charge in [-0.05, 0) is 24.3 Å². The van der Waals surface area contributed by atoms with Crippen molar-refractivity contribution in [2.24, 2.45) is 0 Å². The molecule has 0 fully saturated rings. The largest absolute Gasteiger partial charge is 0.383 e. The lowest BCUT2D eigenvalue weighted by Gasteiger charge is -2.15. The molecule has 1 aromatic carbocycles. The molecule has 0 aliphatic carbocycles. The van der Waals surface area contributed by atoms with E-state index >= 15 is 0 Å².